The van der Waals surface area contributed by atoms with Crippen LogP contribution in [0, 0.1) is 0 Å². The highest BCUT2D eigenvalue weighted by Crippen LogP contribution is 2.37. The summed E-state index contributed by atoms with van der Waals surface area (Å²) in [6, 6.07) is 5.44. The topological polar surface area (TPSA) is 63.3 Å². The molecule has 0 bridgehead atoms. The lowest BCUT2D eigenvalue weighted by Gasteiger charge is -1.92. The number of fused-ring (bicyclic) bond motifs is 1. The molecule has 3 N–H and O–H groups in total. The number of benzene rings is 1. The summed E-state index contributed by atoms with van der Waals surface area (Å²) in [5, 5.41) is 10.3. The highest BCUT2D eigenvalue weighted by atomic mass is 79.9. The average Bonchev–Trinajstić information content (AvgIpc) is 2.44. The second-order valence-electron chi connectivity index (χ2n) is 2.78. The fraction of sp³-hybridized carbons (Fsp3) is 0. The normalized spacial score (nSPS) is 10.6. The van der Waals surface area contributed by atoms with E-state index in [0.717, 1.165) is 9.17 Å². The number of hydrogen-bond acceptors (Lipinski definition) is 3. The van der Waals surface area contributed by atoms with Crippen molar-refractivity contribution >= 4 is 43.3 Å². The fourth-order valence-corrected chi connectivity index (χ4v) is 2.51. The Morgan fingerprint density at radius 2 is 2.21 bits per heavy atom. The third-order valence-corrected chi connectivity index (χ3v) is 3.52. The van der Waals surface area contributed by atoms with Crippen molar-refractivity contribution in [3.05, 3.63) is 27.5 Å². The molecule has 0 fully saturated rings. The number of aromatic hydroxyl groups is 1. The molecule has 3 nitrogen and oxygen atoms in total. The molecule has 0 aliphatic rings. The molecule has 0 aliphatic carbocycles. The van der Waals surface area contributed by atoms with Gasteiger partial charge < -0.3 is 10.8 Å². The Bertz CT molecular complexity index is 521. The summed E-state index contributed by atoms with van der Waals surface area (Å²) >= 11 is 4.49. The van der Waals surface area contributed by atoms with Gasteiger partial charge in [-0.25, -0.2) is 0 Å². The van der Waals surface area contributed by atoms with E-state index in [1.807, 2.05) is 12.1 Å². The Morgan fingerprint density at radius 1 is 1.50 bits per heavy atom. The Hall–Kier alpha value is -1.07. The van der Waals surface area contributed by atoms with Crippen LogP contribution in [0.15, 0.2) is 22.7 Å². The Kier molecular flexibility index (Phi) is 2.20. The van der Waals surface area contributed by atoms with E-state index in [4.69, 9.17) is 5.73 Å². The van der Waals surface area contributed by atoms with E-state index in [1.165, 1.54) is 11.3 Å². The van der Waals surface area contributed by atoms with Gasteiger partial charge in [0.25, 0.3) is 5.91 Å². The molecule has 1 aromatic carbocycles. The van der Waals surface area contributed by atoms with Gasteiger partial charge in [-0.1, -0.05) is 15.9 Å². The lowest BCUT2D eigenvalue weighted by atomic mass is 10.2. The van der Waals surface area contributed by atoms with Gasteiger partial charge in [0.1, 0.15) is 10.6 Å². The van der Waals surface area contributed by atoms with Gasteiger partial charge in [0.05, 0.1) is 0 Å². The van der Waals surface area contributed by atoms with E-state index in [9.17, 15) is 9.90 Å². The number of thiophene rings is 1. The van der Waals surface area contributed by atoms with Crippen LogP contribution in [0.1, 0.15) is 9.67 Å². The molecule has 0 unspecified atom stereocenters. The van der Waals surface area contributed by atoms with E-state index in [2.05, 4.69) is 15.9 Å². The van der Waals surface area contributed by atoms with Gasteiger partial charge in [0.15, 0.2) is 0 Å². The molecule has 0 aliphatic heterocycles. The van der Waals surface area contributed by atoms with E-state index in [1.54, 1.807) is 6.07 Å². The molecule has 1 heterocycles. The van der Waals surface area contributed by atoms with E-state index >= 15 is 0 Å². The van der Waals surface area contributed by atoms with Crippen LogP contribution in [0.2, 0.25) is 0 Å². The van der Waals surface area contributed by atoms with Crippen LogP contribution in [0.3, 0.4) is 0 Å². The van der Waals surface area contributed by atoms with Crippen molar-refractivity contribution in [1.29, 1.82) is 0 Å². The minimum Gasteiger partial charge on any atom is -0.506 e. The zero-order valence-electron chi connectivity index (χ0n) is 6.95. The number of primary amides is 1. The summed E-state index contributed by atoms with van der Waals surface area (Å²) in [5.74, 6) is -0.626. The first-order valence-corrected chi connectivity index (χ1v) is 5.41. The van der Waals surface area contributed by atoms with Crippen molar-refractivity contribution in [2.45, 2.75) is 0 Å². The maximum atomic E-state index is 10.9. The molecule has 1 amide bonds. The van der Waals surface area contributed by atoms with Crippen LogP contribution >= 0.6 is 27.3 Å². The van der Waals surface area contributed by atoms with Crippen LogP contribution in [0.4, 0.5) is 0 Å². The van der Waals surface area contributed by atoms with E-state index in [-0.39, 0.29) is 10.6 Å². The van der Waals surface area contributed by atoms with Crippen LogP contribution < -0.4 is 5.73 Å². The zero-order valence-corrected chi connectivity index (χ0v) is 9.35. The minimum atomic E-state index is -0.597. The van der Waals surface area contributed by atoms with Crippen molar-refractivity contribution < 1.29 is 9.90 Å². The average molecular weight is 272 g/mol. The van der Waals surface area contributed by atoms with Crippen molar-refractivity contribution in [2.24, 2.45) is 5.73 Å². The zero-order chi connectivity index (χ0) is 10.3. The van der Waals surface area contributed by atoms with Gasteiger partial charge in [-0.2, -0.15) is 0 Å². The quantitative estimate of drug-likeness (QED) is 0.837. The predicted molar refractivity (Wildman–Crippen MR) is 59.7 cm³/mol. The molecule has 2 aromatic rings. The van der Waals surface area contributed by atoms with Crippen molar-refractivity contribution in [2.75, 3.05) is 0 Å². The maximum Gasteiger partial charge on any atom is 0.262 e. The molecule has 5 heteroatoms. The summed E-state index contributed by atoms with van der Waals surface area (Å²) in [6.07, 6.45) is 0. The second kappa shape index (κ2) is 3.25. The molecule has 0 spiro atoms. The molecular formula is C9H6BrNO2S. The van der Waals surface area contributed by atoms with Crippen molar-refractivity contribution in [3.63, 3.8) is 0 Å². The molecule has 2 rings (SSSR count). The molecule has 14 heavy (non-hydrogen) atoms. The molecule has 0 atom stereocenters. The summed E-state index contributed by atoms with van der Waals surface area (Å²) in [4.78, 5) is 11.1. The minimum absolute atomic E-state index is 0.0289. The second-order valence-corrected chi connectivity index (χ2v) is 4.75. The highest BCUT2D eigenvalue weighted by molar-refractivity contribution is 9.10. The van der Waals surface area contributed by atoms with Gasteiger partial charge in [0.2, 0.25) is 0 Å². The number of nitrogens with two attached hydrogens (primary N) is 1. The number of carbonyl (C=O) groups is 1. The monoisotopic (exact) mass is 271 g/mol. The molecule has 72 valence electrons. The first-order valence-electron chi connectivity index (χ1n) is 3.80. The first-order chi connectivity index (χ1) is 6.59. The number of halogens is 1. The predicted octanol–water partition coefficient (Wildman–Crippen LogP) is 2.47. The standard InChI is InChI=1S/C9H6BrNO2S/c10-4-1-2-6-5(3-4)7(12)8(14-6)9(11)13/h1-3,12H,(H2,11,13). The summed E-state index contributed by atoms with van der Waals surface area (Å²) < 4.78 is 1.70. The SMILES string of the molecule is NC(=O)c1sc2ccc(Br)cc2c1O. The van der Waals surface area contributed by atoms with Crippen LogP contribution in [-0.4, -0.2) is 11.0 Å². The molecule has 0 saturated heterocycles. The Labute approximate surface area is 92.3 Å². The number of carbonyl (C=O) groups excluding carboxylic acids is 1. The van der Waals surface area contributed by atoms with E-state index in [0.29, 0.717) is 5.39 Å². The summed E-state index contributed by atoms with van der Waals surface area (Å²) in [7, 11) is 0. The molecule has 0 radical (unpaired) electrons. The van der Waals surface area contributed by atoms with Crippen molar-refractivity contribution in [1.82, 2.24) is 0 Å². The summed E-state index contributed by atoms with van der Waals surface area (Å²) in [5.41, 5.74) is 5.12. The van der Waals surface area contributed by atoms with E-state index < -0.39 is 5.91 Å². The Balaban J connectivity index is 2.80. The van der Waals surface area contributed by atoms with Gasteiger partial charge >= 0.3 is 0 Å². The third-order valence-electron chi connectivity index (χ3n) is 1.85. The van der Waals surface area contributed by atoms with Gasteiger partial charge in [-0.15, -0.1) is 11.3 Å². The summed E-state index contributed by atoms with van der Waals surface area (Å²) in [6.45, 7) is 0. The van der Waals surface area contributed by atoms with Gasteiger partial charge in [0, 0.05) is 14.6 Å². The van der Waals surface area contributed by atoms with Crippen LogP contribution in [0.25, 0.3) is 10.1 Å². The molecular weight excluding hydrogens is 266 g/mol. The number of amides is 1. The van der Waals surface area contributed by atoms with Gasteiger partial charge in [-0.3, -0.25) is 4.79 Å². The molecule has 0 saturated carbocycles. The third kappa shape index (κ3) is 1.38. The molecule has 1 aromatic heterocycles. The lowest BCUT2D eigenvalue weighted by molar-refractivity contribution is 0.100. The number of hydrogen-bond donors (Lipinski definition) is 2. The van der Waals surface area contributed by atoms with Crippen LogP contribution in [0.5, 0.6) is 5.75 Å². The maximum absolute atomic E-state index is 10.9. The van der Waals surface area contributed by atoms with Crippen molar-refractivity contribution in [3.8, 4) is 5.75 Å². The largest absolute Gasteiger partial charge is 0.506 e. The van der Waals surface area contributed by atoms with Gasteiger partial charge in [-0.05, 0) is 18.2 Å². The lowest BCUT2D eigenvalue weighted by Crippen LogP contribution is -2.08. The first kappa shape index (κ1) is 9.48. The van der Waals surface area contributed by atoms with Crippen LogP contribution in [-0.2, 0) is 0 Å². The Morgan fingerprint density at radius 3 is 2.86 bits per heavy atom. The highest BCUT2D eigenvalue weighted by Gasteiger charge is 2.15. The number of rotatable bonds is 1. The fourth-order valence-electron chi connectivity index (χ4n) is 1.22. The smallest absolute Gasteiger partial charge is 0.262 e.